The van der Waals surface area contributed by atoms with Crippen LogP contribution in [0.25, 0.3) is 6.08 Å². The largest absolute Gasteiger partial charge is 0.493 e. The first-order valence-corrected chi connectivity index (χ1v) is 9.24. The van der Waals surface area contributed by atoms with Gasteiger partial charge in [-0.1, -0.05) is 12.1 Å². The number of nitrogens with one attached hydrogen (secondary N) is 1. The van der Waals surface area contributed by atoms with Gasteiger partial charge >= 0.3 is 0 Å². The SMILES string of the molecule is COc1ccc(/C=C/C(=O)Nc2cccc(S(C)(=O)=O)c2)cc1OC. The molecule has 0 heterocycles. The molecule has 0 unspecified atom stereocenters. The number of rotatable bonds is 6. The molecule has 0 aliphatic rings. The number of carbonyl (C=O) groups excluding carboxylic acids is 1. The highest BCUT2D eigenvalue weighted by molar-refractivity contribution is 7.90. The highest BCUT2D eigenvalue weighted by atomic mass is 32.2. The molecule has 0 aromatic heterocycles. The smallest absolute Gasteiger partial charge is 0.248 e. The van der Waals surface area contributed by atoms with Crippen LogP contribution in [-0.2, 0) is 14.6 Å². The molecule has 0 aliphatic heterocycles. The van der Waals surface area contributed by atoms with Crippen LogP contribution < -0.4 is 14.8 Å². The van der Waals surface area contributed by atoms with Crippen LogP contribution >= 0.6 is 0 Å². The Labute approximate surface area is 147 Å². The van der Waals surface area contributed by atoms with Gasteiger partial charge in [0.1, 0.15) is 0 Å². The Kier molecular flexibility index (Phi) is 5.82. The fourth-order valence-corrected chi connectivity index (χ4v) is 2.78. The zero-order valence-electron chi connectivity index (χ0n) is 14.1. The zero-order valence-corrected chi connectivity index (χ0v) is 15.0. The Hall–Kier alpha value is -2.80. The van der Waals surface area contributed by atoms with Crippen LogP contribution in [0.2, 0.25) is 0 Å². The van der Waals surface area contributed by atoms with E-state index >= 15 is 0 Å². The Bertz CT molecular complexity index is 903. The van der Waals surface area contributed by atoms with Gasteiger partial charge in [-0.15, -0.1) is 0 Å². The summed E-state index contributed by atoms with van der Waals surface area (Å²) in [6.07, 6.45) is 4.09. The lowest BCUT2D eigenvalue weighted by atomic mass is 10.2. The first kappa shape index (κ1) is 18.5. The van der Waals surface area contributed by atoms with E-state index in [4.69, 9.17) is 9.47 Å². The second kappa shape index (κ2) is 7.85. The van der Waals surface area contributed by atoms with Gasteiger partial charge in [0, 0.05) is 18.0 Å². The highest BCUT2D eigenvalue weighted by Gasteiger charge is 2.08. The molecule has 0 spiro atoms. The van der Waals surface area contributed by atoms with Gasteiger partial charge in [-0.2, -0.15) is 0 Å². The van der Waals surface area contributed by atoms with Crippen molar-refractivity contribution in [1.29, 1.82) is 0 Å². The second-order valence-electron chi connectivity index (χ2n) is 5.24. The van der Waals surface area contributed by atoms with Crippen molar-refractivity contribution in [2.45, 2.75) is 4.90 Å². The molecule has 0 aliphatic carbocycles. The van der Waals surface area contributed by atoms with E-state index in [0.29, 0.717) is 17.2 Å². The van der Waals surface area contributed by atoms with E-state index < -0.39 is 9.84 Å². The molecule has 132 valence electrons. The molecule has 0 atom stereocenters. The molecule has 2 aromatic carbocycles. The molecule has 2 aromatic rings. The average molecular weight is 361 g/mol. The van der Waals surface area contributed by atoms with E-state index in [9.17, 15) is 13.2 Å². The molecule has 1 amide bonds. The van der Waals surface area contributed by atoms with Crippen LogP contribution in [0.5, 0.6) is 11.5 Å². The Morgan fingerprint density at radius 2 is 1.76 bits per heavy atom. The summed E-state index contributed by atoms with van der Waals surface area (Å²) in [5.74, 6) is 0.785. The third-order valence-corrected chi connectivity index (χ3v) is 4.47. The van der Waals surface area contributed by atoms with Gasteiger partial charge in [0.25, 0.3) is 0 Å². The minimum Gasteiger partial charge on any atom is -0.493 e. The van der Waals surface area contributed by atoms with Crippen molar-refractivity contribution < 1.29 is 22.7 Å². The van der Waals surface area contributed by atoms with Crippen LogP contribution in [-0.4, -0.2) is 34.8 Å². The number of methoxy groups -OCH3 is 2. The van der Waals surface area contributed by atoms with Crippen LogP contribution in [0.15, 0.2) is 53.4 Å². The number of hydrogen-bond donors (Lipinski definition) is 1. The maximum absolute atomic E-state index is 12.0. The Morgan fingerprint density at radius 3 is 2.40 bits per heavy atom. The Morgan fingerprint density at radius 1 is 1.04 bits per heavy atom. The zero-order chi connectivity index (χ0) is 18.4. The summed E-state index contributed by atoms with van der Waals surface area (Å²) >= 11 is 0. The fraction of sp³-hybridized carbons (Fsp3) is 0.167. The molecule has 0 saturated heterocycles. The average Bonchev–Trinajstić information content (AvgIpc) is 2.59. The third kappa shape index (κ3) is 5.09. The quantitative estimate of drug-likeness (QED) is 0.800. The van der Waals surface area contributed by atoms with Crippen molar-refractivity contribution in [3.63, 3.8) is 0 Å². The van der Waals surface area contributed by atoms with Gasteiger partial charge in [-0.3, -0.25) is 4.79 Å². The number of benzene rings is 2. The van der Waals surface area contributed by atoms with Gasteiger partial charge in [-0.25, -0.2) is 8.42 Å². The summed E-state index contributed by atoms with van der Waals surface area (Å²) in [4.78, 5) is 12.2. The molecule has 1 N–H and O–H groups in total. The number of carbonyl (C=O) groups is 1. The number of ether oxygens (including phenoxy) is 2. The minimum atomic E-state index is -3.33. The van der Waals surface area contributed by atoms with E-state index in [1.807, 2.05) is 0 Å². The maximum Gasteiger partial charge on any atom is 0.248 e. The van der Waals surface area contributed by atoms with Crippen LogP contribution in [0.1, 0.15) is 5.56 Å². The lowest BCUT2D eigenvalue weighted by molar-refractivity contribution is -0.111. The van der Waals surface area contributed by atoms with Crippen LogP contribution in [0.3, 0.4) is 0 Å². The van der Waals surface area contributed by atoms with E-state index in [1.54, 1.807) is 43.5 Å². The third-order valence-electron chi connectivity index (χ3n) is 3.36. The minimum absolute atomic E-state index is 0.147. The van der Waals surface area contributed by atoms with Gasteiger partial charge in [-0.05, 0) is 42.0 Å². The topological polar surface area (TPSA) is 81.7 Å². The molecule has 0 radical (unpaired) electrons. The lowest BCUT2D eigenvalue weighted by Gasteiger charge is -2.07. The summed E-state index contributed by atoms with van der Waals surface area (Å²) in [6.45, 7) is 0. The van der Waals surface area contributed by atoms with Crippen LogP contribution in [0.4, 0.5) is 5.69 Å². The van der Waals surface area contributed by atoms with Crippen molar-refractivity contribution in [2.24, 2.45) is 0 Å². The number of sulfone groups is 1. The first-order chi connectivity index (χ1) is 11.8. The fourth-order valence-electron chi connectivity index (χ4n) is 2.12. The summed E-state index contributed by atoms with van der Waals surface area (Å²) < 4.78 is 33.5. The van der Waals surface area contributed by atoms with E-state index in [0.717, 1.165) is 11.8 Å². The van der Waals surface area contributed by atoms with E-state index in [-0.39, 0.29) is 10.8 Å². The summed E-state index contributed by atoms with van der Waals surface area (Å²) in [5, 5.41) is 2.63. The summed E-state index contributed by atoms with van der Waals surface area (Å²) in [7, 11) is -0.244. The number of amides is 1. The van der Waals surface area contributed by atoms with Crippen molar-refractivity contribution in [3.8, 4) is 11.5 Å². The molecular formula is C18H19NO5S. The lowest BCUT2D eigenvalue weighted by Crippen LogP contribution is -2.08. The van der Waals surface area contributed by atoms with Gasteiger partial charge < -0.3 is 14.8 Å². The van der Waals surface area contributed by atoms with Crippen LogP contribution in [0, 0.1) is 0 Å². The predicted octanol–water partition coefficient (Wildman–Crippen LogP) is 2.76. The number of anilines is 1. The monoisotopic (exact) mass is 361 g/mol. The van der Waals surface area contributed by atoms with E-state index in [1.165, 1.54) is 25.3 Å². The molecule has 7 heteroatoms. The van der Waals surface area contributed by atoms with Gasteiger partial charge in [0.05, 0.1) is 19.1 Å². The highest BCUT2D eigenvalue weighted by Crippen LogP contribution is 2.28. The number of hydrogen-bond acceptors (Lipinski definition) is 5. The molecule has 0 bridgehead atoms. The van der Waals surface area contributed by atoms with Crippen molar-refractivity contribution >= 4 is 27.5 Å². The second-order valence-corrected chi connectivity index (χ2v) is 7.25. The normalized spacial score (nSPS) is 11.3. The first-order valence-electron chi connectivity index (χ1n) is 7.34. The van der Waals surface area contributed by atoms with Crippen molar-refractivity contribution in [2.75, 3.05) is 25.8 Å². The molecule has 0 fully saturated rings. The van der Waals surface area contributed by atoms with Crippen molar-refractivity contribution in [1.82, 2.24) is 0 Å². The molecule has 0 saturated carbocycles. The van der Waals surface area contributed by atoms with Gasteiger partial charge in [0.2, 0.25) is 5.91 Å². The molecular weight excluding hydrogens is 342 g/mol. The van der Waals surface area contributed by atoms with Gasteiger partial charge in [0.15, 0.2) is 21.3 Å². The summed E-state index contributed by atoms with van der Waals surface area (Å²) in [5.41, 5.74) is 1.17. The Balaban J connectivity index is 2.11. The maximum atomic E-state index is 12.0. The molecule has 6 nitrogen and oxygen atoms in total. The van der Waals surface area contributed by atoms with E-state index in [2.05, 4.69) is 5.32 Å². The standard InChI is InChI=1S/C18H19NO5S/c1-23-16-9-7-13(11-17(16)24-2)8-10-18(20)19-14-5-4-6-15(12-14)25(3,21)22/h4-12H,1-3H3,(H,19,20)/b10-8+. The molecule has 2 rings (SSSR count). The predicted molar refractivity (Wildman–Crippen MR) is 96.8 cm³/mol. The summed E-state index contributed by atoms with van der Waals surface area (Å²) in [6, 6.07) is 11.4. The van der Waals surface area contributed by atoms with Crippen molar-refractivity contribution in [3.05, 3.63) is 54.1 Å². The molecule has 25 heavy (non-hydrogen) atoms.